The van der Waals surface area contributed by atoms with E-state index in [9.17, 15) is 19.5 Å². The topological polar surface area (TPSA) is 87.2 Å². The fourth-order valence-corrected chi connectivity index (χ4v) is 8.85. The summed E-state index contributed by atoms with van der Waals surface area (Å²) in [6.45, 7) is 4.10. The number of hydrogen-bond donors (Lipinski definition) is 1. The fourth-order valence-electron chi connectivity index (χ4n) is 6.71. The van der Waals surface area contributed by atoms with Crippen LogP contribution in [0, 0.1) is 11.8 Å². The first-order chi connectivity index (χ1) is 18.3. The molecule has 8 heteroatoms. The monoisotopic (exact) mass is 532 g/mol. The number of thioether (sulfide) groups is 1. The van der Waals surface area contributed by atoms with E-state index < -0.39 is 39.4 Å². The quantitative estimate of drug-likeness (QED) is 0.479. The van der Waals surface area contributed by atoms with E-state index in [1.54, 1.807) is 11.8 Å². The number of anilines is 1. The number of likely N-dealkylation sites (tertiary alicyclic amines) is 1. The molecule has 4 heterocycles. The maximum Gasteiger partial charge on any atom is 0.311 e. The van der Waals surface area contributed by atoms with E-state index in [2.05, 4.69) is 6.08 Å². The Morgan fingerprint density at radius 1 is 1.05 bits per heavy atom. The standard InChI is InChI=1S/C30H32N2O5S/c1-19(18-33)32-25-27(35)31(22-12-11-20-9-4-5-10-21(20)17-22)15-8-14-30(25)23(26(32)34)24-28(36)37-16-7-3-6-13-29(24,2)38-30/h4-6,8-14,17,19,23-25,33H,3,7,15-16,18H2,1-2H3/b13-6-/t19-,23+,24-,25?,29+,30+/m1/s1. The summed E-state index contributed by atoms with van der Waals surface area (Å²) in [5.74, 6) is -2.39. The molecule has 1 spiro atoms. The van der Waals surface area contributed by atoms with Gasteiger partial charge in [-0.3, -0.25) is 14.4 Å². The van der Waals surface area contributed by atoms with Crippen LogP contribution in [0.2, 0.25) is 0 Å². The highest BCUT2D eigenvalue weighted by atomic mass is 32.2. The fraction of sp³-hybridized carbons (Fsp3) is 0.433. The van der Waals surface area contributed by atoms with Crippen LogP contribution in [0.15, 0.2) is 66.8 Å². The van der Waals surface area contributed by atoms with Gasteiger partial charge in [0.25, 0.3) is 5.91 Å². The average Bonchev–Trinajstić information content (AvgIpc) is 3.27. The minimum Gasteiger partial charge on any atom is -0.465 e. The van der Waals surface area contributed by atoms with Gasteiger partial charge in [-0.05, 0) is 49.6 Å². The number of hydrogen-bond acceptors (Lipinski definition) is 6. The molecule has 7 nitrogen and oxygen atoms in total. The van der Waals surface area contributed by atoms with Crippen LogP contribution >= 0.6 is 11.8 Å². The minimum absolute atomic E-state index is 0.207. The zero-order valence-electron chi connectivity index (χ0n) is 21.6. The predicted molar refractivity (Wildman–Crippen MR) is 148 cm³/mol. The van der Waals surface area contributed by atoms with E-state index >= 15 is 0 Å². The molecule has 0 bridgehead atoms. The van der Waals surface area contributed by atoms with Crippen LogP contribution in [0.5, 0.6) is 0 Å². The van der Waals surface area contributed by atoms with Crippen LogP contribution in [-0.2, 0) is 19.1 Å². The second-order valence-electron chi connectivity index (χ2n) is 10.9. The van der Waals surface area contributed by atoms with Gasteiger partial charge >= 0.3 is 5.97 Å². The summed E-state index contributed by atoms with van der Waals surface area (Å²) >= 11 is 1.52. The SMILES string of the molecule is C[C@H](CO)N1C(=O)[C@@H]2[C@@H]3C(=O)OCCC/C=C\[C@]3(C)S[C@@]23C=CCN(c2ccc4ccccc4c2)C(=O)C13. The Labute approximate surface area is 226 Å². The van der Waals surface area contributed by atoms with E-state index in [0.29, 0.717) is 13.2 Å². The van der Waals surface area contributed by atoms with E-state index in [4.69, 9.17) is 4.74 Å². The summed E-state index contributed by atoms with van der Waals surface area (Å²) in [5, 5.41) is 12.2. The van der Waals surface area contributed by atoms with Crippen LogP contribution in [0.3, 0.4) is 0 Å². The van der Waals surface area contributed by atoms with Gasteiger partial charge in [-0.2, -0.15) is 0 Å². The van der Waals surface area contributed by atoms with Crippen molar-refractivity contribution in [1.82, 2.24) is 4.90 Å². The smallest absolute Gasteiger partial charge is 0.311 e. The molecule has 198 valence electrons. The lowest BCUT2D eigenvalue weighted by Crippen LogP contribution is -2.56. The Balaban J connectivity index is 1.49. The van der Waals surface area contributed by atoms with Crippen molar-refractivity contribution < 1.29 is 24.2 Å². The number of nitrogens with zero attached hydrogens (tertiary/aromatic N) is 2. The molecule has 0 aliphatic carbocycles. The van der Waals surface area contributed by atoms with E-state index in [1.807, 2.05) is 67.6 Å². The molecule has 6 atom stereocenters. The molecular formula is C30H32N2O5S. The molecule has 0 aromatic heterocycles. The second kappa shape index (κ2) is 9.27. The summed E-state index contributed by atoms with van der Waals surface area (Å²) in [7, 11) is 0. The van der Waals surface area contributed by atoms with Crippen molar-refractivity contribution in [2.45, 2.75) is 48.3 Å². The first-order valence-electron chi connectivity index (χ1n) is 13.3. The number of aliphatic hydroxyl groups is 1. The molecule has 4 aliphatic heterocycles. The van der Waals surface area contributed by atoms with Crippen molar-refractivity contribution in [3.05, 3.63) is 66.8 Å². The number of aliphatic hydroxyl groups excluding tert-OH is 1. The normalized spacial score (nSPS) is 34.5. The lowest BCUT2D eigenvalue weighted by atomic mass is 9.74. The molecule has 4 aliphatic rings. The van der Waals surface area contributed by atoms with Crippen LogP contribution in [0.4, 0.5) is 5.69 Å². The third-order valence-electron chi connectivity index (χ3n) is 8.47. The minimum atomic E-state index is -0.967. The van der Waals surface area contributed by atoms with E-state index in [1.165, 1.54) is 16.7 Å². The summed E-state index contributed by atoms with van der Waals surface area (Å²) < 4.78 is 3.98. The molecule has 1 unspecified atom stereocenters. The summed E-state index contributed by atoms with van der Waals surface area (Å²) in [6, 6.07) is 12.5. The third-order valence-corrected chi connectivity index (χ3v) is 10.3. The van der Waals surface area contributed by atoms with Crippen LogP contribution in [0.25, 0.3) is 10.8 Å². The zero-order valence-corrected chi connectivity index (χ0v) is 22.4. The number of allylic oxidation sites excluding steroid dienone is 1. The lowest BCUT2D eigenvalue weighted by molar-refractivity contribution is -0.154. The molecule has 2 saturated heterocycles. The second-order valence-corrected chi connectivity index (χ2v) is 12.7. The van der Waals surface area contributed by atoms with Gasteiger partial charge in [0.1, 0.15) is 6.04 Å². The number of carbonyl (C=O) groups is 3. The van der Waals surface area contributed by atoms with Gasteiger partial charge in [-0.15, -0.1) is 11.8 Å². The van der Waals surface area contributed by atoms with Gasteiger partial charge < -0.3 is 19.6 Å². The number of esters is 1. The molecule has 1 N–H and O–H groups in total. The molecule has 2 aromatic rings. The molecule has 0 saturated carbocycles. The first-order valence-corrected chi connectivity index (χ1v) is 14.1. The van der Waals surface area contributed by atoms with Crippen LogP contribution in [0.1, 0.15) is 26.7 Å². The molecule has 2 amide bonds. The van der Waals surface area contributed by atoms with Gasteiger partial charge in [-0.25, -0.2) is 0 Å². The van der Waals surface area contributed by atoms with E-state index in [0.717, 1.165) is 29.3 Å². The highest BCUT2D eigenvalue weighted by molar-refractivity contribution is 8.02. The van der Waals surface area contributed by atoms with Gasteiger partial charge in [0.05, 0.1) is 35.8 Å². The number of carbonyl (C=O) groups excluding carboxylic acids is 3. The van der Waals surface area contributed by atoms with Crippen molar-refractivity contribution in [3.63, 3.8) is 0 Å². The Hall–Kier alpha value is -3.10. The summed E-state index contributed by atoms with van der Waals surface area (Å²) in [4.78, 5) is 45.5. The van der Waals surface area contributed by atoms with Crippen molar-refractivity contribution in [1.29, 1.82) is 0 Å². The number of rotatable bonds is 3. The lowest BCUT2D eigenvalue weighted by Gasteiger charge is -2.38. The van der Waals surface area contributed by atoms with Crippen molar-refractivity contribution in [2.75, 3.05) is 24.7 Å². The van der Waals surface area contributed by atoms with Gasteiger partial charge in [0, 0.05) is 17.0 Å². The Bertz CT molecular complexity index is 1370. The summed E-state index contributed by atoms with van der Waals surface area (Å²) in [5.41, 5.74) is 0.749. The number of cyclic esters (lactones) is 1. The number of fused-ring (bicyclic) bond motifs is 3. The van der Waals surface area contributed by atoms with E-state index in [-0.39, 0.29) is 18.4 Å². The molecule has 0 radical (unpaired) electrons. The van der Waals surface area contributed by atoms with Gasteiger partial charge in [0.15, 0.2) is 0 Å². The molecule has 38 heavy (non-hydrogen) atoms. The number of benzene rings is 2. The van der Waals surface area contributed by atoms with Gasteiger partial charge in [-0.1, -0.05) is 54.6 Å². The molecule has 6 rings (SSSR count). The number of amides is 2. The molecule has 2 fully saturated rings. The average molecular weight is 533 g/mol. The largest absolute Gasteiger partial charge is 0.465 e. The van der Waals surface area contributed by atoms with Crippen molar-refractivity contribution >= 4 is 46.0 Å². The van der Waals surface area contributed by atoms with Crippen LogP contribution < -0.4 is 4.90 Å². The Morgan fingerprint density at radius 2 is 1.84 bits per heavy atom. The zero-order chi connectivity index (χ0) is 26.7. The first kappa shape index (κ1) is 25.2. The molecular weight excluding hydrogens is 500 g/mol. The van der Waals surface area contributed by atoms with Crippen molar-refractivity contribution in [2.24, 2.45) is 11.8 Å². The van der Waals surface area contributed by atoms with Crippen molar-refractivity contribution in [3.8, 4) is 0 Å². The Morgan fingerprint density at radius 3 is 2.63 bits per heavy atom. The molecule has 2 aromatic carbocycles. The maximum atomic E-state index is 14.5. The highest BCUT2D eigenvalue weighted by Crippen LogP contribution is 2.65. The third kappa shape index (κ3) is 3.64. The number of ether oxygens (including phenoxy) is 1. The Kier molecular flexibility index (Phi) is 6.15. The predicted octanol–water partition coefficient (Wildman–Crippen LogP) is 3.70. The highest BCUT2D eigenvalue weighted by Gasteiger charge is 2.74. The maximum absolute atomic E-state index is 14.5. The van der Waals surface area contributed by atoms with Crippen LogP contribution in [-0.4, -0.2) is 69.1 Å². The summed E-state index contributed by atoms with van der Waals surface area (Å²) in [6.07, 6.45) is 9.56. The van der Waals surface area contributed by atoms with Gasteiger partial charge in [0.2, 0.25) is 5.91 Å².